The molecule has 1 aliphatic rings. The molecule has 5 heteroatoms. The van der Waals surface area contributed by atoms with E-state index in [1.807, 2.05) is 6.92 Å². The standard InChI is InChI=1S/C14H22N2O3/c1-3-7-10(2)15-14(19)16-12-9-6-4-5-8-11(12)13(17)18/h1,10-12H,4-9H2,2H3,(H,17,18)(H2,15,16,19). The molecule has 0 aliphatic heterocycles. The van der Waals surface area contributed by atoms with Crippen LogP contribution >= 0.6 is 0 Å². The Balaban J connectivity index is 2.54. The highest BCUT2D eigenvalue weighted by molar-refractivity contribution is 5.77. The molecule has 0 saturated heterocycles. The first-order chi connectivity index (χ1) is 9.04. The van der Waals surface area contributed by atoms with Gasteiger partial charge in [-0.1, -0.05) is 19.3 Å². The fourth-order valence-corrected chi connectivity index (χ4v) is 2.44. The molecule has 3 atom stereocenters. The summed E-state index contributed by atoms with van der Waals surface area (Å²) in [6.07, 6.45) is 9.86. The van der Waals surface area contributed by atoms with Gasteiger partial charge in [0.2, 0.25) is 0 Å². The van der Waals surface area contributed by atoms with Gasteiger partial charge in [0.25, 0.3) is 0 Å². The number of amides is 2. The van der Waals surface area contributed by atoms with E-state index in [1.165, 1.54) is 0 Å². The van der Waals surface area contributed by atoms with Gasteiger partial charge in [0.15, 0.2) is 0 Å². The Hall–Kier alpha value is -1.70. The molecule has 1 rings (SSSR count). The van der Waals surface area contributed by atoms with E-state index in [0.29, 0.717) is 19.3 Å². The molecule has 0 radical (unpaired) electrons. The molecule has 0 spiro atoms. The van der Waals surface area contributed by atoms with Gasteiger partial charge in [0.05, 0.1) is 5.92 Å². The quantitative estimate of drug-likeness (QED) is 0.535. The lowest BCUT2D eigenvalue weighted by molar-refractivity contribution is -0.142. The van der Waals surface area contributed by atoms with Crippen molar-refractivity contribution in [3.63, 3.8) is 0 Å². The molecule has 106 valence electrons. The maximum absolute atomic E-state index is 11.8. The molecule has 2 amide bonds. The summed E-state index contributed by atoms with van der Waals surface area (Å²) in [4.78, 5) is 23.0. The number of terminal acetylenes is 1. The number of carboxylic acid groups (broad SMARTS) is 1. The molecule has 0 aromatic rings. The molecule has 1 fully saturated rings. The van der Waals surface area contributed by atoms with Crippen LogP contribution in [-0.2, 0) is 4.79 Å². The van der Waals surface area contributed by atoms with E-state index >= 15 is 0 Å². The largest absolute Gasteiger partial charge is 0.481 e. The smallest absolute Gasteiger partial charge is 0.315 e. The van der Waals surface area contributed by atoms with Crippen LogP contribution < -0.4 is 10.6 Å². The van der Waals surface area contributed by atoms with Gasteiger partial charge >= 0.3 is 12.0 Å². The lowest BCUT2D eigenvalue weighted by atomic mass is 9.95. The van der Waals surface area contributed by atoms with Crippen molar-refractivity contribution in [2.75, 3.05) is 0 Å². The van der Waals surface area contributed by atoms with Crippen molar-refractivity contribution in [2.45, 2.75) is 57.5 Å². The van der Waals surface area contributed by atoms with Crippen LogP contribution in [0.1, 0.15) is 45.4 Å². The van der Waals surface area contributed by atoms with Crippen LogP contribution in [0.3, 0.4) is 0 Å². The Morgan fingerprint density at radius 1 is 1.37 bits per heavy atom. The Morgan fingerprint density at radius 2 is 2.05 bits per heavy atom. The van der Waals surface area contributed by atoms with Gasteiger partial charge in [0.1, 0.15) is 0 Å². The van der Waals surface area contributed by atoms with E-state index in [0.717, 1.165) is 19.3 Å². The van der Waals surface area contributed by atoms with Crippen molar-refractivity contribution in [3.05, 3.63) is 0 Å². The van der Waals surface area contributed by atoms with E-state index in [9.17, 15) is 14.7 Å². The average molecular weight is 266 g/mol. The number of urea groups is 1. The summed E-state index contributed by atoms with van der Waals surface area (Å²) in [5.41, 5.74) is 0. The highest BCUT2D eigenvalue weighted by Crippen LogP contribution is 2.23. The zero-order valence-electron chi connectivity index (χ0n) is 11.3. The fraction of sp³-hybridized carbons (Fsp3) is 0.714. The Bertz CT molecular complexity index is 362. The third-order valence-corrected chi connectivity index (χ3v) is 3.45. The van der Waals surface area contributed by atoms with Crippen LogP contribution in [0.2, 0.25) is 0 Å². The molecule has 1 saturated carbocycles. The molecule has 3 N–H and O–H groups in total. The second-order valence-electron chi connectivity index (χ2n) is 5.12. The first-order valence-corrected chi connectivity index (χ1v) is 6.78. The van der Waals surface area contributed by atoms with Crippen LogP contribution in [-0.4, -0.2) is 29.2 Å². The minimum Gasteiger partial charge on any atom is -0.481 e. The second-order valence-corrected chi connectivity index (χ2v) is 5.12. The lowest BCUT2D eigenvalue weighted by Gasteiger charge is -2.24. The minimum atomic E-state index is -0.830. The predicted octanol–water partition coefficient (Wildman–Crippen LogP) is 1.73. The van der Waals surface area contributed by atoms with E-state index in [1.54, 1.807) is 0 Å². The maximum Gasteiger partial charge on any atom is 0.315 e. The molecular formula is C14H22N2O3. The predicted molar refractivity (Wildman–Crippen MR) is 72.6 cm³/mol. The van der Waals surface area contributed by atoms with Crippen LogP contribution in [0, 0.1) is 18.3 Å². The average Bonchev–Trinajstić information content (AvgIpc) is 2.54. The number of carbonyl (C=O) groups is 2. The molecule has 19 heavy (non-hydrogen) atoms. The summed E-state index contributed by atoms with van der Waals surface area (Å²) in [5, 5.41) is 14.7. The first-order valence-electron chi connectivity index (χ1n) is 6.78. The normalized spacial score (nSPS) is 24.6. The molecule has 0 aromatic heterocycles. The van der Waals surface area contributed by atoms with Gasteiger partial charge < -0.3 is 15.7 Å². The molecule has 0 bridgehead atoms. The van der Waals surface area contributed by atoms with Gasteiger partial charge in [-0.3, -0.25) is 4.79 Å². The molecule has 0 aromatic carbocycles. The number of hydrogen-bond acceptors (Lipinski definition) is 2. The first kappa shape index (κ1) is 15.4. The topological polar surface area (TPSA) is 78.4 Å². The van der Waals surface area contributed by atoms with Gasteiger partial charge in [-0.05, 0) is 19.8 Å². The zero-order valence-corrected chi connectivity index (χ0v) is 11.3. The van der Waals surface area contributed by atoms with E-state index < -0.39 is 11.9 Å². The van der Waals surface area contributed by atoms with Crippen LogP contribution in [0.15, 0.2) is 0 Å². The summed E-state index contributed by atoms with van der Waals surface area (Å²) in [5.74, 6) is 1.16. The van der Waals surface area contributed by atoms with Crippen molar-refractivity contribution in [3.8, 4) is 12.3 Å². The third-order valence-electron chi connectivity index (χ3n) is 3.45. The van der Waals surface area contributed by atoms with Crippen LogP contribution in [0.5, 0.6) is 0 Å². The molecule has 1 aliphatic carbocycles. The maximum atomic E-state index is 11.8. The number of hydrogen-bond donors (Lipinski definition) is 3. The summed E-state index contributed by atoms with van der Waals surface area (Å²) >= 11 is 0. The molecule has 3 unspecified atom stereocenters. The molecular weight excluding hydrogens is 244 g/mol. The highest BCUT2D eigenvalue weighted by Gasteiger charge is 2.30. The lowest BCUT2D eigenvalue weighted by Crippen LogP contribution is -2.49. The SMILES string of the molecule is C#CCC(C)NC(=O)NC1CCCCCC1C(=O)O. The number of carboxylic acids is 1. The van der Waals surface area contributed by atoms with Gasteiger partial charge in [0, 0.05) is 18.5 Å². The van der Waals surface area contributed by atoms with Crippen molar-refractivity contribution in [1.29, 1.82) is 0 Å². The molecule has 0 heterocycles. The monoisotopic (exact) mass is 266 g/mol. The number of nitrogens with one attached hydrogen (secondary N) is 2. The van der Waals surface area contributed by atoms with Gasteiger partial charge in [-0.25, -0.2) is 4.79 Å². The Kier molecular flexibility index (Phi) is 6.20. The summed E-state index contributed by atoms with van der Waals surface area (Å²) in [7, 11) is 0. The summed E-state index contributed by atoms with van der Waals surface area (Å²) in [6.45, 7) is 1.82. The number of aliphatic carboxylic acids is 1. The van der Waals surface area contributed by atoms with Crippen molar-refractivity contribution in [2.24, 2.45) is 5.92 Å². The Labute approximate surface area is 114 Å². The molecule has 5 nitrogen and oxygen atoms in total. The zero-order chi connectivity index (χ0) is 14.3. The highest BCUT2D eigenvalue weighted by atomic mass is 16.4. The van der Waals surface area contributed by atoms with E-state index in [4.69, 9.17) is 6.42 Å². The van der Waals surface area contributed by atoms with E-state index in [-0.39, 0.29) is 18.1 Å². The van der Waals surface area contributed by atoms with Gasteiger partial charge in [-0.15, -0.1) is 12.3 Å². The van der Waals surface area contributed by atoms with Crippen LogP contribution in [0.25, 0.3) is 0 Å². The number of rotatable bonds is 4. The third kappa shape index (κ3) is 5.21. The van der Waals surface area contributed by atoms with Crippen LogP contribution in [0.4, 0.5) is 4.79 Å². The fourth-order valence-electron chi connectivity index (χ4n) is 2.44. The van der Waals surface area contributed by atoms with Crippen molar-refractivity contribution < 1.29 is 14.7 Å². The van der Waals surface area contributed by atoms with Crippen molar-refractivity contribution >= 4 is 12.0 Å². The Morgan fingerprint density at radius 3 is 2.68 bits per heavy atom. The van der Waals surface area contributed by atoms with Gasteiger partial charge in [-0.2, -0.15) is 0 Å². The second kappa shape index (κ2) is 7.67. The number of carbonyl (C=O) groups excluding carboxylic acids is 1. The van der Waals surface area contributed by atoms with Crippen molar-refractivity contribution in [1.82, 2.24) is 10.6 Å². The minimum absolute atomic E-state index is 0.112. The summed E-state index contributed by atoms with van der Waals surface area (Å²) in [6, 6.07) is -0.738. The summed E-state index contributed by atoms with van der Waals surface area (Å²) < 4.78 is 0. The van der Waals surface area contributed by atoms with E-state index in [2.05, 4.69) is 16.6 Å².